The van der Waals surface area contributed by atoms with Crippen molar-refractivity contribution in [2.75, 3.05) is 6.54 Å². The molecule has 1 N–H and O–H groups in total. The number of amides is 1. The molecule has 1 aromatic carbocycles. The Balaban J connectivity index is 2.27. The van der Waals surface area contributed by atoms with Gasteiger partial charge in [0.1, 0.15) is 5.60 Å². The van der Waals surface area contributed by atoms with Crippen LogP contribution in [0.1, 0.15) is 32.8 Å². The van der Waals surface area contributed by atoms with Gasteiger partial charge in [-0.3, -0.25) is 0 Å². The Labute approximate surface area is 124 Å². The van der Waals surface area contributed by atoms with E-state index in [1.165, 1.54) is 0 Å². The van der Waals surface area contributed by atoms with Crippen molar-refractivity contribution in [1.29, 1.82) is 0 Å². The third-order valence-corrected chi connectivity index (χ3v) is 3.03. The normalized spacial score (nSPS) is 11.2. The Kier molecular flexibility index (Phi) is 5.95. The molecule has 106 valence electrons. The zero-order valence-electron chi connectivity index (χ0n) is 11.4. The molecule has 0 aliphatic heterocycles. The molecule has 19 heavy (non-hydrogen) atoms. The fourth-order valence-electron chi connectivity index (χ4n) is 1.49. The van der Waals surface area contributed by atoms with Crippen LogP contribution in [0.2, 0.25) is 10.0 Å². The Hall–Kier alpha value is -0.930. The standard InChI is InChI=1S/C14H19Cl2NO2/c1-14(2,3)19-13(18)17-8-4-5-10-6-7-11(15)12(16)9-10/h6-7,9H,4-5,8H2,1-3H3,(H,17,18). The first-order chi connectivity index (χ1) is 8.78. The third-order valence-electron chi connectivity index (χ3n) is 2.29. The summed E-state index contributed by atoms with van der Waals surface area (Å²) in [6.07, 6.45) is 1.26. The molecule has 1 aromatic rings. The van der Waals surface area contributed by atoms with Crippen LogP contribution in [0, 0.1) is 0 Å². The lowest BCUT2D eigenvalue weighted by molar-refractivity contribution is 0.0527. The van der Waals surface area contributed by atoms with Gasteiger partial charge in [0, 0.05) is 6.54 Å². The van der Waals surface area contributed by atoms with E-state index in [0.29, 0.717) is 16.6 Å². The van der Waals surface area contributed by atoms with Gasteiger partial charge in [-0.05, 0) is 51.3 Å². The fraction of sp³-hybridized carbons (Fsp3) is 0.500. The molecule has 1 amide bonds. The summed E-state index contributed by atoms with van der Waals surface area (Å²) < 4.78 is 5.14. The predicted octanol–water partition coefficient (Wildman–Crippen LogP) is 4.45. The average molecular weight is 304 g/mol. The van der Waals surface area contributed by atoms with E-state index in [1.54, 1.807) is 6.07 Å². The molecule has 0 aliphatic carbocycles. The SMILES string of the molecule is CC(C)(C)OC(=O)NCCCc1ccc(Cl)c(Cl)c1. The van der Waals surface area contributed by atoms with Gasteiger partial charge in [0.05, 0.1) is 10.0 Å². The van der Waals surface area contributed by atoms with Crippen LogP contribution in [-0.4, -0.2) is 18.2 Å². The number of ether oxygens (including phenoxy) is 1. The van der Waals surface area contributed by atoms with Gasteiger partial charge in [0.2, 0.25) is 0 Å². The third kappa shape index (κ3) is 6.69. The van der Waals surface area contributed by atoms with Crippen molar-refractivity contribution in [3.63, 3.8) is 0 Å². The molecule has 0 aliphatic rings. The summed E-state index contributed by atoms with van der Waals surface area (Å²) in [7, 11) is 0. The maximum absolute atomic E-state index is 11.4. The number of rotatable bonds is 4. The minimum absolute atomic E-state index is 0.387. The molecule has 0 radical (unpaired) electrons. The van der Waals surface area contributed by atoms with Crippen LogP contribution >= 0.6 is 23.2 Å². The van der Waals surface area contributed by atoms with E-state index >= 15 is 0 Å². The summed E-state index contributed by atoms with van der Waals surface area (Å²) >= 11 is 11.8. The Bertz CT molecular complexity index is 442. The molecule has 0 fully saturated rings. The van der Waals surface area contributed by atoms with Crippen LogP contribution in [0.15, 0.2) is 18.2 Å². The lowest BCUT2D eigenvalue weighted by atomic mass is 10.1. The topological polar surface area (TPSA) is 38.3 Å². The monoisotopic (exact) mass is 303 g/mol. The number of nitrogens with one attached hydrogen (secondary N) is 1. The van der Waals surface area contributed by atoms with Crippen molar-refractivity contribution in [3.05, 3.63) is 33.8 Å². The number of hydrogen-bond acceptors (Lipinski definition) is 2. The second-order valence-electron chi connectivity index (χ2n) is 5.28. The van der Waals surface area contributed by atoms with Gasteiger partial charge in [-0.2, -0.15) is 0 Å². The number of aryl methyl sites for hydroxylation is 1. The Morgan fingerprint density at radius 2 is 1.95 bits per heavy atom. The molecule has 0 saturated carbocycles. The highest BCUT2D eigenvalue weighted by molar-refractivity contribution is 6.42. The van der Waals surface area contributed by atoms with Crippen molar-refractivity contribution < 1.29 is 9.53 Å². The molecule has 0 heterocycles. The average Bonchev–Trinajstić information content (AvgIpc) is 2.27. The fourth-order valence-corrected chi connectivity index (χ4v) is 1.81. The highest BCUT2D eigenvalue weighted by atomic mass is 35.5. The Morgan fingerprint density at radius 3 is 2.53 bits per heavy atom. The second-order valence-corrected chi connectivity index (χ2v) is 6.10. The van der Waals surface area contributed by atoms with E-state index < -0.39 is 5.60 Å². The molecular weight excluding hydrogens is 285 g/mol. The molecule has 0 aromatic heterocycles. The van der Waals surface area contributed by atoms with E-state index in [-0.39, 0.29) is 6.09 Å². The van der Waals surface area contributed by atoms with Crippen molar-refractivity contribution in [3.8, 4) is 0 Å². The van der Waals surface area contributed by atoms with Crippen molar-refractivity contribution in [1.82, 2.24) is 5.32 Å². The molecule has 0 bridgehead atoms. The van der Waals surface area contributed by atoms with Crippen LogP contribution in [0.4, 0.5) is 4.79 Å². The van der Waals surface area contributed by atoms with E-state index in [9.17, 15) is 4.79 Å². The molecule has 5 heteroatoms. The number of halogens is 2. The van der Waals surface area contributed by atoms with Gasteiger partial charge in [0.15, 0.2) is 0 Å². The quantitative estimate of drug-likeness (QED) is 0.835. The van der Waals surface area contributed by atoms with E-state index in [0.717, 1.165) is 18.4 Å². The zero-order chi connectivity index (χ0) is 14.5. The summed E-state index contributed by atoms with van der Waals surface area (Å²) in [6.45, 7) is 6.07. The first-order valence-corrected chi connectivity index (χ1v) is 6.94. The summed E-state index contributed by atoms with van der Waals surface area (Å²) in [5.41, 5.74) is 0.633. The molecule has 0 saturated heterocycles. The maximum Gasteiger partial charge on any atom is 0.407 e. The van der Waals surface area contributed by atoms with Gasteiger partial charge in [-0.25, -0.2) is 4.79 Å². The molecule has 0 atom stereocenters. The summed E-state index contributed by atoms with van der Waals surface area (Å²) in [5, 5.41) is 3.82. The number of hydrogen-bond donors (Lipinski definition) is 1. The van der Waals surface area contributed by atoms with E-state index in [4.69, 9.17) is 27.9 Å². The number of carbonyl (C=O) groups excluding carboxylic acids is 1. The minimum atomic E-state index is -0.464. The van der Waals surface area contributed by atoms with Gasteiger partial charge in [-0.1, -0.05) is 29.3 Å². The van der Waals surface area contributed by atoms with Crippen LogP contribution in [0.25, 0.3) is 0 Å². The molecule has 1 rings (SSSR count). The second kappa shape index (κ2) is 7.01. The van der Waals surface area contributed by atoms with Gasteiger partial charge in [-0.15, -0.1) is 0 Å². The highest BCUT2D eigenvalue weighted by Gasteiger charge is 2.15. The Morgan fingerprint density at radius 1 is 1.26 bits per heavy atom. The first kappa shape index (κ1) is 16.1. The van der Waals surface area contributed by atoms with Crippen LogP contribution < -0.4 is 5.32 Å². The molecule has 0 unspecified atom stereocenters. The smallest absolute Gasteiger partial charge is 0.407 e. The van der Waals surface area contributed by atoms with Gasteiger partial charge < -0.3 is 10.1 Å². The summed E-state index contributed by atoms with van der Waals surface area (Å²) in [6, 6.07) is 5.56. The predicted molar refractivity (Wildman–Crippen MR) is 79.0 cm³/mol. The van der Waals surface area contributed by atoms with Crippen LogP contribution in [0.5, 0.6) is 0 Å². The lowest BCUT2D eigenvalue weighted by Crippen LogP contribution is -2.33. The maximum atomic E-state index is 11.4. The largest absolute Gasteiger partial charge is 0.444 e. The highest BCUT2D eigenvalue weighted by Crippen LogP contribution is 2.23. The lowest BCUT2D eigenvalue weighted by Gasteiger charge is -2.19. The van der Waals surface area contributed by atoms with Crippen LogP contribution in [-0.2, 0) is 11.2 Å². The van der Waals surface area contributed by atoms with E-state index in [1.807, 2.05) is 32.9 Å². The first-order valence-electron chi connectivity index (χ1n) is 6.19. The summed E-state index contributed by atoms with van der Waals surface area (Å²) in [4.78, 5) is 11.4. The number of alkyl carbamates (subject to hydrolysis) is 1. The van der Waals surface area contributed by atoms with Crippen LogP contribution in [0.3, 0.4) is 0 Å². The molecule has 3 nitrogen and oxygen atoms in total. The molecular formula is C14H19Cl2NO2. The molecule has 0 spiro atoms. The van der Waals surface area contributed by atoms with Gasteiger partial charge in [0.25, 0.3) is 0 Å². The number of benzene rings is 1. The summed E-state index contributed by atoms with van der Waals surface area (Å²) in [5.74, 6) is 0. The van der Waals surface area contributed by atoms with Crippen molar-refractivity contribution in [2.24, 2.45) is 0 Å². The number of carbonyl (C=O) groups is 1. The minimum Gasteiger partial charge on any atom is -0.444 e. The van der Waals surface area contributed by atoms with Crippen molar-refractivity contribution >= 4 is 29.3 Å². The van der Waals surface area contributed by atoms with Crippen molar-refractivity contribution in [2.45, 2.75) is 39.2 Å². The van der Waals surface area contributed by atoms with Gasteiger partial charge >= 0.3 is 6.09 Å². The van der Waals surface area contributed by atoms with E-state index in [2.05, 4.69) is 5.32 Å². The zero-order valence-corrected chi connectivity index (χ0v) is 12.9.